The molecule has 0 saturated carbocycles. The molecule has 0 atom stereocenters. The van der Waals surface area contributed by atoms with Crippen molar-refractivity contribution < 1.29 is 28.7 Å². The van der Waals surface area contributed by atoms with Gasteiger partial charge in [0.1, 0.15) is 0 Å². The van der Waals surface area contributed by atoms with E-state index >= 15 is 0 Å². The van der Waals surface area contributed by atoms with Crippen molar-refractivity contribution in [2.24, 2.45) is 0 Å². The minimum Gasteiger partial charge on any atom is -0.449 e. The van der Waals surface area contributed by atoms with E-state index in [1.165, 1.54) is 24.3 Å². The van der Waals surface area contributed by atoms with Crippen molar-refractivity contribution in [3.63, 3.8) is 0 Å². The van der Waals surface area contributed by atoms with Gasteiger partial charge in [0.15, 0.2) is 0 Å². The van der Waals surface area contributed by atoms with E-state index in [1.54, 1.807) is 6.92 Å². The van der Waals surface area contributed by atoms with Gasteiger partial charge in [0.05, 0.1) is 18.8 Å². The number of anilines is 1. The van der Waals surface area contributed by atoms with Crippen molar-refractivity contribution in [1.29, 1.82) is 0 Å². The zero-order valence-corrected chi connectivity index (χ0v) is 14.0. The zero-order valence-electron chi connectivity index (χ0n) is 14.0. The van der Waals surface area contributed by atoms with Gasteiger partial charge in [0.25, 0.3) is 11.8 Å². The molecule has 1 saturated heterocycles. The Kier molecular flexibility index (Phi) is 6.25. The summed E-state index contributed by atoms with van der Waals surface area (Å²) in [5, 5.41) is 2.37. The summed E-state index contributed by atoms with van der Waals surface area (Å²) >= 11 is 0. The number of hydrogen-bond donors (Lipinski definition) is 3. The molecular weight excluding hydrogens is 344 g/mol. The number of imide groups is 1. The molecule has 3 N–H and O–H groups in total. The highest BCUT2D eigenvalue weighted by Gasteiger charge is 2.30. The van der Waals surface area contributed by atoms with Crippen LogP contribution in [-0.4, -0.2) is 42.9 Å². The number of rotatable bonds is 5. The molecule has 26 heavy (non-hydrogen) atoms. The number of nitrogens with zero attached hydrogens (tertiary/aromatic N) is 1. The maximum atomic E-state index is 12.0. The van der Waals surface area contributed by atoms with Crippen molar-refractivity contribution in [3.05, 3.63) is 29.8 Å². The maximum Gasteiger partial charge on any atom is 0.426 e. The third-order valence-corrected chi connectivity index (χ3v) is 3.43. The molecule has 0 aliphatic carbocycles. The Morgan fingerprint density at radius 3 is 2.23 bits per heavy atom. The first-order valence-electron chi connectivity index (χ1n) is 7.88. The lowest BCUT2D eigenvalue weighted by Crippen LogP contribution is -2.46. The molecule has 1 aliphatic heterocycles. The maximum absolute atomic E-state index is 12.0. The minimum atomic E-state index is -0.811. The molecule has 0 spiro atoms. The summed E-state index contributed by atoms with van der Waals surface area (Å²) in [4.78, 5) is 58.9. The number of carbonyl (C=O) groups is 5. The fourth-order valence-corrected chi connectivity index (χ4v) is 2.22. The number of hydrazine groups is 1. The third-order valence-electron chi connectivity index (χ3n) is 3.43. The Morgan fingerprint density at radius 2 is 1.65 bits per heavy atom. The Morgan fingerprint density at radius 1 is 1.04 bits per heavy atom. The number of carbonyl (C=O) groups excluding carboxylic acids is 5. The van der Waals surface area contributed by atoms with Gasteiger partial charge in [-0.05, 0) is 31.2 Å². The second-order valence-electron chi connectivity index (χ2n) is 5.25. The van der Waals surface area contributed by atoms with Crippen molar-refractivity contribution in [1.82, 2.24) is 16.2 Å². The molecule has 10 nitrogen and oxygen atoms in total. The first-order valence-corrected chi connectivity index (χ1v) is 7.88. The highest BCUT2D eigenvalue weighted by molar-refractivity contribution is 6.19. The van der Waals surface area contributed by atoms with Crippen molar-refractivity contribution in [2.75, 3.05) is 18.1 Å². The lowest BCUT2D eigenvalue weighted by atomic mass is 10.2. The smallest absolute Gasteiger partial charge is 0.426 e. The number of benzene rings is 1. The Bertz CT molecular complexity index is 715. The van der Waals surface area contributed by atoms with Crippen LogP contribution in [0.3, 0.4) is 0 Å². The predicted molar refractivity (Wildman–Crippen MR) is 88.8 cm³/mol. The van der Waals surface area contributed by atoms with E-state index in [2.05, 4.69) is 15.5 Å². The Hall–Kier alpha value is -3.43. The standard InChI is InChI=1S/C16H18N4O6/c1-2-26-16(25)19-18-12(21)9-17-15(24)10-3-5-11(6-4-10)20-13(22)7-8-14(20)23/h3-6H,2,7-9H2,1H3,(H,17,24)(H,18,21)(H,19,25). The van der Waals surface area contributed by atoms with Crippen LogP contribution in [0.1, 0.15) is 30.1 Å². The van der Waals surface area contributed by atoms with Gasteiger partial charge in [-0.3, -0.25) is 29.5 Å². The average molecular weight is 362 g/mol. The van der Waals surface area contributed by atoms with Crippen LogP contribution in [0.25, 0.3) is 0 Å². The van der Waals surface area contributed by atoms with E-state index in [-0.39, 0.29) is 43.4 Å². The van der Waals surface area contributed by atoms with E-state index in [4.69, 9.17) is 0 Å². The van der Waals surface area contributed by atoms with Crippen LogP contribution in [0.15, 0.2) is 24.3 Å². The highest BCUT2D eigenvalue weighted by atomic mass is 16.6. The minimum absolute atomic E-state index is 0.156. The van der Waals surface area contributed by atoms with Crippen LogP contribution < -0.4 is 21.1 Å². The quantitative estimate of drug-likeness (QED) is 0.492. The highest BCUT2D eigenvalue weighted by Crippen LogP contribution is 2.22. The monoisotopic (exact) mass is 362 g/mol. The van der Waals surface area contributed by atoms with Gasteiger partial charge in [0.2, 0.25) is 11.8 Å². The zero-order chi connectivity index (χ0) is 19.1. The molecule has 0 bridgehead atoms. The molecule has 0 radical (unpaired) electrons. The Balaban J connectivity index is 1.84. The van der Waals surface area contributed by atoms with Crippen LogP contribution in [-0.2, 0) is 19.1 Å². The fourth-order valence-electron chi connectivity index (χ4n) is 2.22. The van der Waals surface area contributed by atoms with Gasteiger partial charge in [-0.15, -0.1) is 0 Å². The molecule has 10 heteroatoms. The van der Waals surface area contributed by atoms with Crippen LogP contribution in [0.5, 0.6) is 0 Å². The molecule has 1 aromatic carbocycles. The topological polar surface area (TPSA) is 134 Å². The van der Waals surface area contributed by atoms with E-state index in [9.17, 15) is 24.0 Å². The number of nitrogens with one attached hydrogen (secondary N) is 3. The van der Waals surface area contributed by atoms with Gasteiger partial charge in [0, 0.05) is 18.4 Å². The van der Waals surface area contributed by atoms with Crippen LogP contribution in [0, 0.1) is 0 Å². The summed E-state index contributed by atoms with van der Waals surface area (Å²) in [7, 11) is 0. The molecule has 1 fully saturated rings. The van der Waals surface area contributed by atoms with E-state index in [0.717, 1.165) is 4.90 Å². The van der Waals surface area contributed by atoms with Gasteiger partial charge in [-0.2, -0.15) is 0 Å². The molecule has 1 heterocycles. The SMILES string of the molecule is CCOC(=O)NNC(=O)CNC(=O)c1ccc(N2C(=O)CCC2=O)cc1. The van der Waals surface area contributed by atoms with Gasteiger partial charge in [-0.25, -0.2) is 10.2 Å². The lowest BCUT2D eigenvalue weighted by Gasteiger charge is -2.14. The summed E-state index contributed by atoms with van der Waals surface area (Å²) in [6, 6.07) is 5.85. The van der Waals surface area contributed by atoms with Crippen LogP contribution >= 0.6 is 0 Å². The number of ether oxygens (including phenoxy) is 1. The molecule has 2 rings (SSSR count). The summed E-state index contributed by atoms with van der Waals surface area (Å²) in [5.41, 5.74) is 4.73. The second-order valence-corrected chi connectivity index (χ2v) is 5.25. The lowest BCUT2D eigenvalue weighted by molar-refractivity contribution is -0.122. The molecule has 5 amide bonds. The second kappa shape index (κ2) is 8.60. The van der Waals surface area contributed by atoms with Crippen LogP contribution in [0.2, 0.25) is 0 Å². The molecule has 1 aliphatic rings. The van der Waals surface area contributed by atoms with Crippen molar-refractivity contribution in [3.8, 4) is 0 Å². The third kappa shape index (κ3) is 4.79. The van der Waals surface area contributed by atoms with Crippen molar-refractivity contribution >= 4 is 35.4 Å². The van der Waals surface area contributed by atoms with Gasteiger partial charge in [-0.1, -0.05) is 0 Å². The number of hydrogen-bond acceptors (Lipinski definition) is 6. The average Bonchev–Trinajstić information content (AvgIpc) is 2.96. The molecule has 1 aromatic rings. The van der Waals surface area contributed by atoms with Crippen LogP contribution in [0.4, 0.5) is 10.5 Å². The van der Waals surface area contributed by atoms with E-state index in [1.807, 2.05) is 5.43 Å². The van der Waals surface area contributed by atoms with E-state index in [0.29, 0.717) is 5.69 Å². The van der Waals surface area contributed by atoms with Crippen molar-refractivity contribution in [2.45, 2.75) is 19.8 Å². The summed E-state index contributed by atoms with van der Waals surface area (Å²) in [6.07, 6.45) is -0.458. The molecular formula is C16H18N4O6. The molecule has 138 valence electrons. The summed E-state index contributed by atoms with van der Waals surface area (Å²) in [5.74, 6) is -1.73. The molecule has 0 unspecified atom stereocenters. The predicted octanol–water partition coefficient (Wildman–Crippen LogP) is -0.153. The van der Waals surface area contributed by atoms with E-state index < -0.39 is 17.9 Å². The summed E-state index contributed by atoms with van der Waals surface area (Å²) < 4.78 is 4.55. The largest absolute Gasteiger partial charge is 0.449 e. The normalized spacial score (nSPS) is 13.3. The Labute approximate surface area is 148 Å². The molecule has 0 aromatic heterocycles. The fraction of sp³-hybridized carbons (Fsp3) is 0.312. The van der Waals surface area contributed by atoms with Gasteiger partial charge >= 0.3 is 6.09 Å². The number of amides is 5. The first kappa shape index (κ1) is 18.9. The first-order chi connectivity index (χ1) is 12.4. The summed E-state index contributed by atoms with van der Waals surface area (Å²) in [6.45, 7) is 1.40. The van der Waals surface area contributed by atoms with Gasteiger partial charge < -0.3 is 10.1 Å².